The monoisotopic (exact) mass is 310 g/mol. The minimum atomic E-state index is 0.547. The van der Waals surface area contributed by atoms with Crippen LogP contribution in [-0.2, 0) is 6.42 Å². The van der Waals surface area contributed by atoms with Gasteiger partial charge in [0.1, 0.15) is 22.8 Å². The molecule has 0 unspecified atom stereocenters. The SMILES string of the molecule is COc1ccc2c(c1)CCCN2c1nc(C)nc2onc(C)c12. The molecule has 0 atom stereocenters. The molecule has 0 saturated heterocycles. The van der Waals surface area contributed by atoms with Crippen molar-refractivity contribution in [2.75, 3.05) is 18.6 Å². The van der Waals surface area contributed by atoms with Gasteiger partial charge in [-0.15, -0.1) is 0 Å². The number of aryl methyl sites for hydroxylation is 3. The standard InChI is InChI=1S/C17H18N4O2/c1-10-15-16(18-11(2)19-17(15)23-20-10)21-8-4-5-12-9-13(22-3)6-7-14(12)21/h6-7,9H,4-5,8H2,1-3H3. The summed E-state index contributed by atoms with van der Waals surface area (Å²) < 4.78 is 10.7. The van der Waals surface area contributed by atoms with Crippen LogP contribution in [0.3, 0.4) is 0 Å². The third kappa shape index (κ3) is 2.21. The molecule has 1 aromatic carbocycles. The van der Waals surface area contributed by atoms with Crippen molar-refractivity contribution in [3.05, 3.63) is 35.3 Å². The quantitative estimate of drug-likeness (QED) is 0.723. The van der Waals surface area contributed by atoms with Gasteiger partial charge in [-0.3, -0.25) is 0 Å². The van der Waals surface area contributed by atoms with E-state index in [-0.39, 0.29) is 0 Å². The second-order valence-electron chi connectivity index (χ2n) is 5.79. The average Bonchev–Trinajstić information content (AvgIpc) is 2.94. The van der Waals surface area contributed by atoms with E-state index in [0.29, 0.717) is 11.5 Å². The highest BCUT2D eigenvalue weighted by atomic mass is 16.5. The maximum atomic E-state index is 5.35. The number of ether oxygens (including phenoxy) is 1. The maximum Gasteiger partial charge on any atom is 0.263 e. The smallest absolute Gasteiger partial charge is 0.263 e. The lowest BCUT2D eigenvalue weighted by Crippen LogP contribution is -2.26. The molecule has 3 heterocycles. The van der Waals surface area contributed by atoms with Crippen LogP contribution in [0.5, 0.6) is 5.75 Å². The van der Waals surface area contributed by atoms with E-state index >= 15 is 0 Å². The predicted octanol–water partition coefficient (Wildman–Crippen LogP) is 3.33. The van der Waals surface area contributed by atoms with E-state index in [4.69, 9.17) is 9.26 Å². The van der Waals surface area contributed by atoms with Crippen LogP contribution in [0.4, 0.5) is 11.5 Å². The molecule has 0 bridgehead atoms. The normalized spacial score (nSPS) is 14.1. The Kier molecular flexibility index (Phi) is 3.18. The first kappa shape index (κ1) is 14.0. The van der Waals surface area contributed by atoms with Gasteiger partial charge in [0.05, 0.1) is 12.8 Å². The molecule has 23 heavy (non-hydrogen) atoms. The second kappa shape index (κ2) is 5.22. The summed E-state index contributed by atoms with van der Waals surface area (Å²) in [6.07, 6.45) is 2.11. The number of nitrogens with zero attached hydrogens (tertiary/aromatic N) is 4. The molecule has 1 aliphatic rings. The molecule has 0 amide bonds. The van der Waals surface area contributed by atoms with Gasteiger partial charge in [-0.05, 0) is 50.5 Å². The Morgan fingerprint density at radius 1 is 1.22 bits per heavy atom. The fourth-order valence-corrected chi connectivity index (χ4v) is 3.19. The molecule has 0 aliphatic carbocycles. The maximum absolute atomic E-state index is 5.35. The van der Waals surface area contributed by atoms with Crippen molar-refractivity contribution in [3.8, 4) is 5.75 Å². The van der Waals surface area contributed by atoms with Crippen LogP contribution in [0, 0.1) is 13.8 Å². The van der Waals surface area contributed by atoms with E-state index in [1.807, 2.05) is 19.9 Å². The van der Waals surface area contributed by atoms with Gasteiger partial charge < -0.3 is 14.2 Å². The first-order valence-corrected chi connectivity index (χ1v) is 7.72. The van der Waals surface area contributed by atoms with Crippen molar-refractivity contribution in [2.45, 2.75) is 26.7 Å². The summed E-state index contributed by atoms with van der Waals surface area (Å²) in [5.74, 6) is 2.44. The molecule has 0 saturated carbocycles. The van der Waals surface area contributed by atoms with E-state index in [9.17, 15) is 0 Å². The Hall–Kier alpha value is -2.63. The van der Waals surface area contributed by atoms with Crippen LogP contribution in [0.15, 0.2) is 22.7 Å². The summed E-state index contributed by atoms with van der Waals surface area (Å²) in [7, 11) is 1.69. The summed E-state index contributed by atoms with van der Waals surface area (Å²) in [4.78, 5) is 11.3. The number of aromatic nitrogens is 3. The Balaban J connectivity index is 1.92. The van der Waals surface area contributed by atoms with E-state index in [2.05, 4.69) is 32.2 Å². The molecule has 0 radical (unpaired) electrons. The van der Waals surface area contributed by atoms with Crippen LogP contribution in [0.2, 0.25) is 0 Å². The number of methoxy groups -OCH3 is 1. The third-order valence-electron chi connectivity index (χ3n) is 4.26. The van der Waals surface area contributed by atoms with Crippen molar-refractivity contribution in [2.24, 2.45) is 0 Å². The Labute approximate surface area is 134 Å². The van der Waals surface area contributed by atoms with E-state index in [1.54, 1.807) is 7.11 Å². The molecule has 4 rings (SSSR count). The molecule has 0 fully saturated rings. The number of rotatable bonds is 2. The largest absolute Gasteiger partial charge is 0.497 e. The Morgan fingerprint density at radius 3 is 2.91 bits per heavy atom. The fraction of sp³-hybridized carbons (Fsp3) is 0.353. The number of anilines is 2. The zero-order valence-electron chi connectivity index (χ0n) is 13.5. The van der Waals surface area contributed by atoms with Gasteiger partial charge in [0.25, 0.3) is 5.71 Å². The number of hydrogen-bond donors (Lipinski definition) is 0. The molecule has 6 nitrogen and oxygen atoms in total. The highest BCUT2D eigenvalue weighted by Crippen LogP contribution is 2.38. The lowest BCUT2D eigenvalue weighted by molar-refractivity contribution is 0.414. The minimum Gasteiger partial charge on any atom is -0.497 e. The zero-order chi connectivity index (χ0) is 16.0. The van der Waals surface area contributed by atoms with E-state index in [0.717, 1.165) is 47.7 Å². The fourth-order valence-electron chi connectivity index (χ4n) is 3.19. The highest BCUT2D eigenvalue weighted by Gasteiger charge is 2.24. The molecule has 0 spiro atoms. The Morgan fingerprint density at radius 2 is 2.09 bits per heavy atom. The minimum absolute atomic E-state index is 0.547. The highest BCUT2D eigenvalue weighted by molar-refractivity contribution is 5.91. The van der Waals surface area contributed by atoms with Gasteiger partial charge in [-0.2, -0.15) is 4.98 Å². The summed E-state index contributed by atoms with van der Waals surface area (Å²) >= 11 is 0. The molecule has 6 heteroatoms. The third-order valence-corrected chi connectivity index (χ3v) is 4.26. The molecule has 0 N–H and O–H groups in total. The predicted molar refractivity (Wildman–Crippen MR) is 87.4 cm³/mol. The summed E-state index contributed by atoms with van der Waals surface area (Å²) in [5, 5.41) is 4.94. The van der Waals surface area contributed by atoms with E-state index in [1.165, 1.54) is 5.56 Å². The number of hydrogen-bond acceptors (Lipinski definition) is 6. The first-order chi connectivity index (χ1) is 11.2. The number of benzene rings is 1. The van der Waals surface area contributed by atoms with Crippen molar-refractivity contribution < 1.29 is 9.26 Å². The molecule has 1 aliphatic heterocycles. The molecule has 2 aromatic heterocycles. The van der Waals surface area contributed by atoms with Gasteiger partial charge in [0.2, 0.25) is 0 Å². The van der Waals surface area contributed by atoms with Gasteiger partial charge in [0.15, 0.2) is 0 Å². The number of fused-ring (bicyclic) bond motifs is 2. The summed E-state index contributed by atoms with van der Waals surface area (Å²) in [6, 6.07) is 6.19. The van der Waals surface area contributed by atoms with Crippen molar-refractivity contribution in [3.63, 3.8) is 0 Å². The zero-order valence-corrected chi connectivity index (χ0v) is 13.5. The summed E-state index contributed by atoms with van der Waals surface area (Å²) in [5.41, 5.74) is 3.80. The van der Waals surface area contributed by atoms with Crippen LogP contribution in [0.25, 0.3) is 11.1 Å². The van der Waals surface area contributed by atoms with Crippen LogP contribution < -0.4 is 9.64 Å². The second-order valence-corrected chi connectivity index (χ2v) is 5.79. The lowest BCUT2D eigenvalue weighted by atomic mass is 10.0. The molecular formula is C17H18N4O2. The van der Waals surface area contributed by atoms with E-state index < -0.39 is 0 Å². The topological polar surface area (TPSA) is 64.3 Å². The molecule has 3 aromatic rings. The van der Waals surface area contributed by atoms with Crippen molar-refractivity contribution in [1.29, 1.82) is 0 Å². The van der Waals surface area contributed by atoms with Gasteiger partial charge in [-0.25, -0.2) is 4.98 Å². The van der Waals surface area contributed by atoms with Crippen LogP contribution in [-0.4, -0.2) is 28.8 Å². The Bertz CT molecular complexity index is 888. The first-order valence-electron chi connectivity index (χ1n) is 7.72. The van der Waals surface area contributed by atoms with Crippen molar-refractivity contribution >= 4 is 22.6 Å². The molecule has 118 valence electrons. The van der Waals surface area contributed by atoms with Gasteiger partial charge in [0, 0.05) is 12.2 Å². The summed E-state index contributed by atoms with van der Waals surface area (Å²) in [6.45, 7) is 4.71. The van der Waals surface area contributed by atoms with Crippen LogP contribution >= 0.6 is 0 Å². The van der Waals surface area contributed by atoms with Gasteiger partial charge in [-0.1, -0.05) is 5.16 Å². The van der Waals surface area contributed by atoms with Crippen molar-refractivity contribution in [1.82, 2.24) is 15.1 Å². The van der Waals surface area contributed by atoms with Crippen LogP contribution in [0.1, 0.15) is 23.5 Å². The average molecular weight is 310 g/mol. The molecular weight excluding hydrogens is 292 g/mol. The van der Waals surface area contributed by atoms with Gasteiger partial charge >= 0.3 is 0 Å². The lowest BCUT2D eigenvalue weighted by Gasteiger charge is -2.31.